The van der Waals surface area contributed by atoms with Crippen LogP contribution in [0.2, 0.25) is 0 Å². The van der Waals surface area contributed by atoms with Crippen molar-refractivity contribution in [3.8, 4) is 0 Å². The smallest absolute Gasteiger partial charge is 0.158 e. The van der Waals surface area contributed by atoms with Crippen molar-refractivity contribution in [3.05, 3.63) is 0 Å². The molecule has 0 aliphatic rings. The van der Waals surface area contributed by atoms with Crippen molar-refractivity contribution < 1.29 is 9.53 Å². The summed E-state index contributed by atoms with van der Waals surface area (Å²) in [6, 6.07) is 0. The molecule has 0 fully saturated rings. The number of ketones is 1. The number of rotatable bonds is 8. The molecule has 0 aromatic rings. The van der Waals surface area contributed by atoms with Gasteiger partial charge >= 0.3 is 0 Å². The summed E-state index contributed by atoms with van der Waals surface area (Å²) in [5.41, 5.74) is 5.20. The lowest BCUT2D eigenvalue weighted by Crippen LogP contribution is -2.14. The van der Waals surface area contributed by atoms with Crippen molar-refractivity contribution in [2.45, 2.75) is 32.6 Å². The molecule has 0 aliphatic heterocycles. The summed E-state index contributed by atoms with van der Waals surface area (Å²) < 4.78 is 5.00. The number of hydrogen-bond acceptors (Lipinski definition) is 3. The molecule has 0 bridgehead atoms. The van der Waals surface area contributed by atoms with E-state index in [1.54, 1.807) is 0 Å². The van der Waals surface area contributed by atoms with Gasteiger partial charge in [-0.2, -0.15) is 0 Å². The topological polar surface area (TPSA) is 52.3 Å². The average molecular weight is 173 g/mol. The molecule has 72 valence electrons. The van der Waals surface area contributed by atoms with Crippen LogP contribution < -0.4 is 5.73 Å². The van der Waals surface area contributed by atoms with Crippen molar-refractivity contribution in [2.24, 2.45) is 5.73 Å². The van der Waals surface area contributed by atoms with E-state index in [1.165, 1.54) is 0 Å². The average Bonchev–Trinajstić information content (AvgIpc) is 2.06. The van der Waals surface area contributed by atoms with Crippen LogP contribution in [-0.2, 0) is 9.53 Å². The van der Waals surface area contributed by atoms with Crippen molar-refractivity contribution in [2.75, 3.05) is 19.8 Å². The molecule has 0 radical (unpaired) electrons. The van der Waals surface area contributed by atoms with Gasteiger partial charge in [-0.15, -0.1) is 0 Å². The zero-order chi connectivity index (χ0) is 9.23. The van der Waals surface area contributed by atoms with Gasteiger partial charge in [0.1, 0.15) is 6.61 Å². The third-order valence-electron chi connectivity index (χ3n) is 1.58. The highest BCUT2D eigenvalue weighted by molar-refractivity contribution is 5.79. The van der Waals surface area contributed by atoms with Crippen molar-refractivity contribution in [3.63, 3.8) is 0 Å². The number of unbranched alkanes of at least 4 members (excludes halogenated alkanes) is 2. The molecule has 0 heterocycles. The lowest BCUT2D eigenvalue weighted by Gasteiger charge is -2.00. The summed E-state index contributed by atoms with van der Waals surface area (Å²) in [5, 5.41) is 0. The molecule has 12 heavy (non-hydrogen) atoms. The van der Waals surface area contributed by atoms with Crippen LogP contribution >= 0.6 is 0 Å². The zero-order valence-corrected chi connectivity index (χ0v) is 7.84. The summed E-state index contributed by atoms with van der Waals surface area (Å²) >= 11 is 0. The molecule has 0 saturated heterocycles. The van der Waals surface area contributed by atoms with E-state index in [1.807, 2.05) is 0 Å². The standard InChI is InChI=1S/C9H19NO2/c1-2-3-4-5-9(11)8-12-7-6-10/h2-8,10H2,1H3. The predicted molar refractivity (Wildman–Crippen MR) is 49.0 cm³/mol. The maximum Gasteiger partial charge on any atom is 0.158 e. The third-order valence-corrected chi connectivity index (χ3v) is 1.58. The molecule has 0 amide bonds. The largest absolute Gasteiger partial charge is 0.372 e. The van der Waals surface area contributed by atoms with Crippen LogP contribution in [0.3, 0.4) is 0 Å². The number of carbonyl (C=O) groups is 1. The van der Waals surface area contributed by atoms with Gasteiger partial charge in [0, 0.05) is 13.0 Å². The first kappa shape index (κ1) is 11.6. The van der Waals surface area contributed by atoms with Gasteiger partial charge in [-0.25, -0.2) is 0 Å². The fourth-order valence-electron chi connectivity index (χ4n) is 0.914. The fraction of sp³-hybridized carbons (Fsp3) is 0.889. The molecular formula is C9H19NO2. The molecule has 0 spiro atoms. The van der Waals surface area contributed by atoms with E-state index in [4.69, 9.17) is 10.5 Å². The number of ether oxygens (including phenoxy) is 1. The first-order valence-electron chi connectivity index (χ1n) is 4.60. The molecular weight excluding hydrogens is 154 g/mol. The second kappa shape index (κ2) is 8.68. The molecule has 0 aromatic heterocycles. The fourth-order valence-corrected chi connectivity index (χ4v) is 0.914. The number of carbonyl (C=O) groups excluding carboxylic acids is 1. The highest BCUT2D eigenvalue weighted by Gasteiger charge is 2.00. The normalized spacial score (nSPS) is 10.2. The Morgan fingerprint density at radius 2 is 2.17 bits per heavy atom. The monoisotopic (exact) mass is 173 g/mol. The molecule has 3 nitrogen and oxygen atoms in total. The summed E-state index contributed by atoms with van der Waals surface area (Å²) in [7, 11) is 0. The van der Waals surface area contributed by atoms with Crippen molar-refractivity contribution >= 4 is 5.78 Å². The minimum Gasteiger partial charge on any atom is -0.372 e. The predicted octanol–water partition coefficient (Wildman–Crippen LogP) is 1.11. The van der Waals surface area contributed by atoms with E-state index in [2.05, 4.69) is 6.92 Å². The Labute approximate surface area is 74.3 Å². The highest BCUT2D eigenvalue weighted by Crippen LogP contribution is 1.99. The van der Waals surface area contributed by atoms with Gasteiger partial charge in [0.15, 0.2) is 5.78 Å². The Morgan fingerprint density at radius 3 is 2.75 bits per heavy atom. The van der Waals surface area contributed by atoms with E-state index in [9.17, 15) is 4.79 Å². The second-order valence-corrected chi connectivity index (χ2v) is 2.84. The maximum absolute atomic E-state index is 11.0. The minimum atomic E-state index is 0.192. The van der Waals surface area contributed by atoms with Gasteiger partial charge in [-0.05, 0) is 6.42 Å². The van der Waals surface area contributed by atoms with Crippen LogP contribution in [0.4, 0.5) is 0 Å². The lowest BCUT2D eigenvalue weighted by atomic mass is 10.1. The number of hydrogen-bond donors (Lipinski definition) is 1. The molecule has 0 atom stereocenters. The summed E-state index contributed by atoms with van der Waals surface area (Å²) in [6.07, 6.45) is 3.92. The Morgan fingerprint density at radius 1 is 1.42 bits per heavy atom. The van der Waals surface area contributed by atoms with Crippen molar-refractivity contribution in [1.82, 2.24) is 0 Å². The van der Waals surface area contributed by atoms with Crippen LogP contribution in [0, 0.1) is 0 Å². The van der Waals surface area contributed by atoms with Gasteiger partial charge in [-0.1, -0.05) is 19.8 Å². The van der Waals surface area contributed by atoms with E-state index in [0.29, 0.717) is 19.6 Å². The molecule has 0 saturated carbocycles. The van der Waals surface area contributed by atoms with Crippen molar-refractivity contribution in [1.29, 1.82) is 0 Å². The molecule has 3 heteroatoms. The Bertz CT molecular complexity index is 103. The lowest BCUT2D eigenvalue weighted by molar-refractivity contribution is -0.123. The van der Waals surface area contributed by atoms with Crippen LogP contribution in [0.5, 0.6) is 0 Å². The van der Waals surface area contributed by atoms with Gasteiger partial charge in [0.25, 0.3) is 0 Å². The van der Waals surface area contributed by atoms with E-state index in [-0.39, 0.29) is 12.4 Å². The van der Waals surface area contributed by atoms with Crippen LogP contribution in [0.15, 0.2) is 0 Å². The SMILES string of the molecule is CCCCCC(=O)COCCN. The first-order valence-corrected chi connectivity index (χ1v) is 4.60. The van der Waals surface area contributed by atoms with Crippen LogP contribution in [0.1, 0.15) is 32.6 Å². The van der Waals surface area contributed by atoms with Crippen LogP contribution in [0.25, 0.3) is 0 Å². The second-order valence-electron chi connectivity index (χ2n) is 2.84. The number of Topliss-reactive ketones (excluding diaryl/α,β-unsaturated/α-hetero) is 1. The van der Waals surface area contributed by atoms with Gasteiger partial charge in [-0.3, -0.25) is 4.79 Å². The Kier molecular flexibility index (Phi) is 8.39. The maximum atomic E-state index is 11.0. The summed E-state index contributed by atoms with van der Waals surface area (Å²) in [5.74, 6) is 0.192. The third kappa shape index (κ3) is 7.69. The Balaban J connectivity index is 3.10. The number of nitrogens with two attached hydrogens (primary N) is 1. The molecule has 0 rings (SSSR count). The molecule has 0 unspecified atom stereocenters. The van der Waals surface area contributed by atoms with Gasteiger partial charge in [0.2, 0.25) is 0 Å². The van der Waals surface area contributed by atoms with Gasteiger partial charge in [0.05, 0.1) is 6.61 Å². The van der Waals surface area contributed by atoms with E-state index in [0.717, 1.165) is 19.3 Å². The van der Waals surface area contributed by atoms with Crippen LogP contribution in [-0.4, -0.2) is 25.5 Å². The quantitative estimate of drug-likeness (QED) is 0.559. The first-order chi connectivity index (χ1) is 5.81. The van der Waals surface area contributed by atoms with E-state index < -0.39 is 0 Å². The summed E-state index contributed by atoms with van der Waals surface area (Å²) in [6.45, 7) is 3.33. The Hall–Kier alpha value is -0.410. The summed E-state index contributed by atoms with van der Waals surface area (Å²) in [4.78, 5) is 11.0. The minimum absolute atomic E-state index is 0.192. The van der Waals surface area contributed by atoms with Gasteiger partial charge < -0.3 is 10.5 Å². The highest BCUT2D eigenvalue weighted by atomic mass is 16.5. The molecule has 0 aliphatic carbocycles. The molecule has 0 aromatic carbocycles. The van der Waals surface area contributed by atoms with E-state index >= 15 is 0 Å². The zero-order valence-electron chi connectivity index (χ0n) is 7.84. The molecule has 2 N–H and O–H groups in total.